The summed E-state index contributed by atoms with van der Waals surface area (Å²) in [4.78, 5) is 19.7. The lowest BCUT2D eigenvalue weighted by Gasteiger charge is -2.35. The molecule has 1 N–H and O–H groups in total. The van der Waals surface area contributed by atoms with Gasteiger partial charge in [-0.1, -0.05) is 6.92 Å². The molecule has 4 rings (SSSR count). The van der Waals surface area contributed by atoms with Gasteiger partial charge in [0.05, 0.1) is 4.88 Å². The number of benzene rings is 1. The Morgan fingerprint density at radius 1 is 1.08 bits per heavy atom. The minimum Gasteiger partial charge on any atom is -0.369 e. The zero-order valence-corrected chi connectivity index (χ0v) is 16.3. The van der Waals surface area contributed by atoms with Gasteiger partial charge in [0, 0.05) is 42.4 Å². The summed E-state index contributed by atoms with van der Waals surface area (Å²) in [6.45, 7) is 7.73. The summed E-state index contributed by atoms with van der Waals surface area (Å²) < 4.78 is 0. The van der Waals surface area contributed by atoms with Crippen LogP contribution in [0.25, 0.3) is 0 Å². The number of aryl methyl sites for hydroxylation is 2. The molecule has 2 heterocycles. The molecule has 1 aliphatic carbocycles. The minimum atomic E-state index is 0.0220. The largest absolute Gasteiger partial charge is 0.369 e. The number of hydrogen-bond donors (Lipinski definition) is 1. The maximum Gasteiger partial charge on any atom is 0.265 e. The number of likely N-dealkylation sites (N-methyl/N-ethyl adjacent to an activating group) is 1. The van der Waals surface area contributed by atoms with Gasteiger partial charge in [-0.05, 0) is 68.1 Å². The molecule has 2 aromatic rings. The smallest absolute Gasteiger partial charge is 0.265 e. The lowest BCUT2D eigenvalue weighted by Crippen LogP contribution is -2.46. The second-order valence-corrected chi connectivity index (χ2v) is 8.33. The average Bonchev–Trinajstić information content (AvgIpc) is 3.13. The van der Waals surface area contributed by atoms with Gasteiger partial charge in [-0.25, -0.2) is 0 Å². The van der Waals surface area contributed by atoms with Crippen molar-refractivity contribution in [1.82, 2.24) is 4.90 Å². The van der Waals surface area contributed by atoms with Crippen LogP contribution in [0.3, 0.4) is 0 Å². The number of nitrogens with one attached hydrogen (secondary N) is 1. The monoisotopic (exact) mass is 369 g/mol. The van der Waals surface area contributed by atoms with Crippen molar-refractivity contribution in [3.8, 4) is 0 Å². The van der Waals surface area contributed by atoms with Crippen LogP contribution in [0.4, 0.5) is 11.4 Å². The normalized spacial score (nSPS) is 17.8. The third kappa shape index (κ3) is 3.79. The van der Waals surface area contributed by atoms with Crippen molar-refractivity contribution < 1.29 is 4.79 Å². The van der Waals surface area contributed by atoms with Crippen LogP contribution in [0, 0.1) is 0 Å². The molecule has 0 saturated carbocycles. The Morgan fingerprint density at radius 3 is 2.50 bits per heavy atom. The van der Waals surface area contributed by atoms with Gasteiger partial charge in [-0.15, -0.1) is 11.3 Å². The van der Waals surface area contributed by atoms with Gasteiger partial charge in [0.2, 0.25) is 0 Å². The van der Waals surface area contributed by atoms with Crippen LogP contribution < -0.4 is 10.2 Å². The highest BCUT2D eigenvalue weighted by Crippen LogP contribution is 2.30. The van der Waals surface area contributed by atoms with Crippen LogP contribution >= 0.6 is 11.3 Å². The molecule has 26 heavy (non-hydrogen) atoms. The van der Waals surface area contributed by atoms with Gasteiger partial charge >= 0.3 is 0 Å². The molecular formula is C21H27N3OS. The Morgan fingerprint density at radius 2 is 1.81 bits per heavy atom. The molecule has 0 radical (unpaired) electrons. The summed E-state index contributed by atoms with van der Waals surface area (Å²) in [7, 11) is 0. The van der Waals surface area contributed by atoms with Crippen molar-refractivity contribution in [2.45, 2.75) is 32.6 Å². The number of amides is 1. The molecule has 0 bridgehead atoms. The van der Waals surface area contributed by atoms with E-state index in [0.717, 1.165) is 56.1 Å². The van der Waals surface area contributed by atoms with Crippen molar-refractivity contribution in [1.29, 1.82) is 0 Å². The highest BCUT2D eigenvalue weighted by molar-refractivity contribution is 7.14. The van der Waals surface area contributed by atoms with Gasteiger partial charge in [-0.2, -0.15) is 0 Å². The van der Waals surface area contributed by atoms with Crippen molar-refractivity contribution >= 4 is 28.6 Å². The number of carbonyl (C=O) groups excluding carboxylic acids is 1. The molecule has 0 atom stereocenters. The number of carbonyl (C=O) groups is 1. The molecule has 0 unspecified atom stereocenters. The number of anilines is 2. The Balaban J connectivity index is 1.38. The van der Waals surface area contributed by atoms with E-state index in [1.807, 2.05) is 12.1 Å². The Bertz CT molecular complexity index is 737. The molecule has 1 fully saturated rings. The van der Waals surface area contributed by atoms with Crippen molar-refractivity contribution in [2.75, 3.05) is 42.9 Å². The van der Waals surface area contributed by atoms with Crippen molar-refractivity contribution in [3.05, 3.63) is 45.6 Å². The van der Waals surface area contributed by atoms with Crippen LogP contribution in [0.1, 0.15) is 39.9 Å². The molecule has 1 aromatic carbocycles. The lowest BCUT2D eigenvalue weighted by molar-refractivity contribution is 0.103. The van der Waals surface area contributed by atoms with E-state index >= 15 is 0 Å². The molecule has 5 heteroatoms. The van der Waals surface area contributed by atoms with E-state index in [-0.39, 0.29) is 5.91 Å². The second-order valence-electron chi connectivity index (χ2n) is 7.19. The number of thiophene rings is 1. The molecule has 4 nitrogen and oxygen atoms in total. The number of nitrogens with zero attached hydrogens (tertiary/aromatic N) is 2. The number of hydrogen-bond acceptors (Lipinski definition) is 4. The number of fused-ring (bicyclic) bond motifs is 1. The first-order chi connectivity index (χ1) is 12.7. The summed E-state index contributed by atoms with van der Waals surface area (Å²) >= 11 is 1.67. The zero-order valence-electron chi connectivity index (χ0n) is 15.5. The first-order valence-electron chi connectivity index (χ1n) is 9.73. The van der Waals surface area contributed by atoms with Crippen LogP contribution in [0.2, 0.25) is 0 Å². The van der Waals surface area contributed by atoms with Crippen LogP contribution in [-0.4, -0.2) is 43.5 Å². The summed E-state index contributed by atoms with van der Waals surface area (Å²) in [5.41, 5.74) is 3.50. The Kier molecular flexibility index (Phi) is 5.27. The maximum absolute atomic E-state index is 12.6. The van der Waals surface area contributed by atoms with Gasteiger partial charge in [0.25, 0.3) is 5.91 Å². The van der Waals surface area contributed by atoms with Gasteiger partial charge in [-0.3, -0.25) is 4.79 Å². The van der Waals surface area contributed by atoms with Crippen LogP contribution in [0.15, 0.2) is 30.3 Å². The van der Waals surface area contributed by atoms with E-state index in [9.17, 15) is 4.79 Å². The van der Waals surface area contributed by atoms with E-state index in [2.05, 4.69) is 40.2 Å². The van der Waals surface area contributed by atoms with E-state index in [1.54, 1.807) is 11.3 Å². The first-order valence-corrected chi connectivity index (χ1v) is 10.5. The number of rotatable bonds is 4. The van der Waals surface area contributed by atoms with Crippen molar-refractivity contribution in [3.63, 3.8) is 0 Å². The van der Waals surface area contributed by atoms with Gasteiger partial charge < -0.3 is 15.1 Å². The zero-order chi connectivity index (χ0) is 17.9. The fourth-order valence-corrected chi connectivity index (χ4v) is 5.02. The fourth-order valence-electron chi connectivity index (χ4n) is 3.87. The predicted molar refractivity (Wildman–Crippen MR) is 110 cm³/mol. The number of piperazine rings is 1. The molecular weight excluding hydrogens is 342 g/mol. The first kappa shape index (κ1) is 17.6. The fraction of sp³-hybridized carbons (Fsp3) is 0.476. The van der Waals surface area contributed by atoms with Crippen LogP contribution in [-0.2, 0) is 12.8 Å². The molecule has 1 saturated heterocycles. The highest BCUT2D eigenvalue weighted by atomic mass is 32.1. The molecule has 1 amide bonds. The van der Waals surface area contributed by atoms with E-state index in [4.69, 9.17) is 0 Å². The van der Waals surface area contributed by atoms with Crippen molar-refractivity contribution in [2.24, 2.45) is 0 Å². The highest BCUT2D eigenvalue weighted by Gasteiger charge is 2.18. The molecule has 0 spiro atoms. The second kappa shape index (κ2) is 7.80. The standard InChI is InChI=1S/C21H27N3OS/c1-2-23-11-13-24(14-12-23)18-9-7-17(8-10-18)22-21(25)20-15-16-5-3-4-6-19(16)26-20/h7-10,15H,2-6,11-14H2,1H3,(H,22,25). The lowest BCUT2D eigenvalue weighted by atomic mass is 9.99. The summed E-state index contributed by atoms with van der Waals surface area (Å²) in [5.74, 6) is 0.0220. The summed E-state index contributed by atoms with van der Waals surface area (Å²) in [6, 6.07) is 10.4. The van der Waals surface area contributed by atoms with Gasteiger partial charge in [0.15, 0.2) is 0 Å². The summed E-state index contributed by atoms with van der Waals surface area (Å²) in [5, 5.41) is 3.06. The average molecular weight is 370 g/mol. The Hall–Kier alpha value is -1.85. The predicted octanol–water partition coefficient (Wildman–Crippen LogP) is 4.02. The molecule has 1 aliphatic heterocycles. The molecule has 138 valence electrons. The summed E-state index contributed by atoms with van der Waals surface area (Å²) in [6.07, 6.45) is 4.76. The maximum atomic E-state index is 12.6. The van der Waals surface area contributed by atoms with E-state index in [1.165, 1.54) is 29.0 Å². The quantitative estimate of drug-likeness (QED) is 0.884. The third-order valence-electron chi connectivity index (χ3n) is 5.53. The SMILES string of the molecule is CCN1CCN(c2ccc(NC(=O)c3cc4c(s3)CCCC4)cc2)CC1. The van der Waals surface area contributed by atoms with E-state index < -0.39 is 0 Å². The molecule has 1 aromatic heterocycles. The topological polar surface area (TPSA) is 35.6 Å². The van der Waals surface area contributed by atoms with Crippen LogP contribution in [0.5, 0.6) is 0 Å². The van der Waals surface area contributed by atoms with E-state index in [0.29, 0.717) is 0 Å². The third-order valence-corrected chi connectivity index (χ3v) is 6.77. The molecule has 2 aliphatic rings. The Labute approximate surface area is 159 Å². The minimum absolute atomic E-state index is 0.0220. The van der Waals surface area contributed by atoms with Gasteiger partial charge in [0.1, 0.15) is 0 Å².